The van der Waals surface area contributed by atoms with Crippen molar-refractivity contribution in [3.63, 3.8) is 0 Å². The summed E-state index contributed by atoms with van der Waals surface area (Å²) in [6.45, 7) is 3.57. The van der Waals surface area contributed by atoms with E-state index in [2.05, 4.69) is 40.8 Å². The molecular weight excluding hydrogens is 488 g/mol. The van der Waals surface area contributed by atoms with Gasteiger partial charge in [0.15, 0.2) is 5.13 Å². The van der Waals surface area contributed by atoms with E-state index >= 15 is 0 Å². The Kier molecular flexibility index (Phi) is 7.68. The summed E-state index contributed by atoms with van der Waals surface area (Å²) in [5.74, 6) is 0.563. The Bertz CT molecular complexity index is 1280. The molecule has 0 atom stereocenters. The molecule has 0 saturated heterocycles. The summed E-state index contributed by atoms with van der Waals surface area (Å²) in [6, 6.07) is 19.3. The molecule has 0 bridgehead atoms. The van der Waals surface area contributed by atoms with Crippen molar-refractivity contribution in [1.29, 1.82) is 0 Å². The number of carboxylic acids is 1. The standard InChI is InChI=1S/C29H30N2O3S2/c1-20-7-11-24(12-8-20)34-25-13-9-22(10-14-25)27-19-36-29(30-27)31(18-26-6-3-15-35-26)17-21-4-2-5-23(16-21)28(32)33/h2-6,9-10,13-16,19-20,24H,7-8,11-12,17-18H2,1H3,(H,32,33)/p-1. The van der Waals surface area contributed by atoms with Crippen LogP contribution in [0.4, 0.5) is 5.13 Å². The molecule has 5 nitrogen and oxygen atoms in total. The molecule has 0 radical (unpaired) electrons. The van der Waals surface area contributed by atoms with Gasteiger partial charge in [-0.3, -0.25) is 0 Å². The van der Waals surface area contributed by atoms with E-state index in [4.69, 9.17) is 9.72 Å². The van der Waals surface area contributed by atoms with Gasteiger partial charge in [0.2, 0.25) is 0 Å². The van der Waals surface area contributed by atoms with E-state index < -0.39 is 5.97 Å². The second kappa shape index (κ2) is 11.3. The fraction of sp³-hybridized carbons (Fsp3) is 0.310. The summed E-state index contributed by atoms with van der Waals surface area (Å²) >= 11 is 3.30. The number of carboxylic acid groups (broad SMARTS) is 1. The Morgan fingerprint density at radius 3 is 2.56 bits per heavy atom. The molecule has 5 rings (SSSR count). The molecule has 7 heteroatoms. The minimum Gasteiger partial charge on any atom is -0.545 e. The van der Waals surface area contributed by atoms with Crippen molar-refractivity contribution in [2.75, 3.05) is 4.90 Å². The van der Waals surface area contributed by atoms with Crippen LogP contribution in [0.1, 0.15) is 53.4 Å². The molecule has 2 aromatic carbocycles. The number of nitrogens with zero attached hydrogens (tertiary/aromatic N) is 2. The first-order valence-electron chi connectivity index (χ1n) is 12.3. The van der Waals surface area contributed by atoms with Gasteiger partial charge in [-0.25, -0.2) is 4.98 Å². The summed E-state index contributed by atoms with van der Waals surface area (Å²) in [5.41, 5.74) is 3.07. The normalized spacial score (nSPS) is 17.6. The molecule has 1 aliphatic carbocycles. The number of ether oxygens (including phenoxy) is 1. The third kappa shape index (κ3) is 6.15. The van der Waals surface area contributed by atoms with Crippen LogP contribution in [0.2, 0.25) is 0 Å². The number of benzene rings is 2. The number of rotatable bonds is 9. The van der Waals surface area contributed by atoms with Gasteiger partial charge < -0.3 is 19.5 Å². The monoisotopic (exact) mass is 517 g/mol. The number of thiophene rings is 1. The summed E-state index contributed by atoms with van der Waals surface area (Å²) in [4.78, 5) is 19.7. The smallest absolute Gasteiger partial charge is 0.186 e. The van der Waals surface area contributed by atoms with Gasteiger partial charge in [-0.1, -0.05) is 31.2 Å². The van der Waals surface area contributed by atoms with Crippen LogP contribution in [0.5, 0.6) is 5.75 Å². The van der Waals surface area contributed by atoms with Crippen LogP contribution in [-0.4, -0.2) is 17.1 Å². The quantitative estimate of drug-likeness (QED) is 0.257. The number of carbonyl (C=O) groups is 1. The highest BCUT2D eigenvalue weighted by molar-refractivity contribution is 7.14. The number of thiazole rings is 1. The minimum absolute atomic E-state index is 0.188. The van der Waals surface area contributed by atoms with Crippen LogP contribution in [0.15, 0.2) is 71.4 Å². The number of anilines is 1. The van der Waals surface area contributed by atoms with Crippen LogP contribution >= 0.6 is 22.7 Å². The minimum atomic E-state index is -1.16. The third-order valence-electron chi connectivity index (χ3n) is 6.64. The summed E-state index contributed by atoms with van der Waals surface area (Å²) in [7, 11) is 0. The lowest BCUT2D eigenvalue weighted by Crippen LogP contribution is -2.24. The van der Waals surface area contributed by atoms with Gasteiger partial charge in [-0.05, 0) is 84.5 Å². The van der Waals surface area contributed by atoms with Gasteiger partial charge in [0, 0.05) is 22.4 Å². The summed E-state index contributed by atoms with van der Waals surface area (Å²) in [5, 5.41) is 16.4. The van der Waals surface area contributed by atoms with Gasteiger partial charge in [-0.15, -0.1) is 22.7 Å². The molecule has 0 spiro atoms. The van der Waals surface area contributed by atoms with E-state index in [1.807, 2.05) is 24.3 Å². The number of hydrogen-bond donors (Lipinski definition) is 0. The zero-order valence-electron chi connectivity index (χ0n) is 20.3. The molecule has 0 aliphatic heterocycles. The second-order valence-corrected chi connectivity index (χ2v) is 11.3. The van der Waals surface area contributed by atoms with Crippen molar-refractivity contribution in [3.8, 4) is 17.0 Å². The van der Waals surface area contributed by atoms with E-state index in [1.165, 1.54) is 17.7 Å². The zero-order chi connectivity index (χ0) is 24.9. The Morgan fingerprint density at radius 2 is 1.83 bits per heavy atom. The Labute approximate surface area is 220 Å². The molecule has 0 N–H and O–H groups in total. The van der Waals surface area contributed by atoms with E-state index in [0.29, 0.717) is 19.2 Å². The first kappa shape index (κ1) is 24.5. The molecule has 0 amide bonds. The highest BCUT2D eigenvalue weighted by atomic mass is 32.1. The highest BCUT2D eigenvalue weighted by Gasteiger charge is 2.20. The van der Waals surface area contributed by atoms with Crippen LogP contribution in [0.25, 0.3) is 11.3 Å². The van der Waals surface area contributed by atoms with Crippen molar-refractivity contribution < 1.29 is 14.6 Å². The molecule has 2 aromatic heterocycles. The van der Waals surface area contributed by atoms with Gasteiger partial charge in [-0.2, -0.15) is 0 Å². The maximum absolute atomic E-state index is 11.3. The van der Waals surface area contributed by atoms with Gasteiger partial charge in [0.25, 0.3) is 0 Å². The number of aromatic carboxylic acids is 1. The molecule has 186 valence electrons. The van der Waals surface area contributed by atoms with E-state index in [1.54, 1.807) is 40.9 Å². The van der Waals surface area contributed by atoms with Crippen molar-refractivity contribution >= 4 is 33.8 Å². The largest absolute Gasteiger partial charge is 0.545 e. The molecule has 1 fully saturated rings. The van der Waals surface area contributed by atoms with Gasteiger partial charge in [0.05, 0.1) is 24.3 Å². The second-order valence-electron chi connectivity index (χ2n) is 9.46. The SMILES string of the molecule is CC1CCC(Oc2ccc(-c3csc(N(Cc4cccc(C(=O)[O-])c4)Cc4cccs4)n3)cc2)CC1. The van der Waals surface area contributed by atoms with E-state index in [9.17, 15) is 9.90 Å². The predicted molar refractivity (Wildman–Crippen MR) is 145 cm³/mol. The van der Waals surface area contributed by atoms with Crippen LogP contribution in [-0.2, 0) is 13.1 Å². The lowest BCUT2D eigenvalue weighted by Gasteiger charge is -2.26. The maximum atomic E-state index is 11.3. The summed E-state index contributed by atoms with van der Waals surface area (Å²) in [6.07, 6.45) is 5.06. The first-order valence-corrected chi connectivity index (χ1v) is 14.1. The molecule has 1 saturated carbocycles. The fourth-order valence-electron chi connectivity index (χ4n) is 4.59. The van der Waals surface area contributed by atoms with Gasteiger partial charge >= 0.3 is 0 Å². The Morgan fingerprint density at radius 1 is 1.03 bits per heavy atom. The molecule has 36 heavy (non-hydrogen) atoms. The average Bonchev–Trinajstić information content (AvgIpc) is 3.58. The Balaban J connectivity index is 1.32. The van der Waals surface area contributed by atoms with Crippen molar-refractivity contribution in [3.05, 3.63) is 87.4 Å². The average molecular weight is 518 g/mol. The third-order valence-corrected chi connectivity index (χ3v) is 8.40. The number of hydrogen-bond acceptors (Lipinski definition) is 7. The fourth-order valence-corrected chi connectivity index (χ4v) is 6.14. The molecular formula is C29H29N2O3S2-. The van der Waals surface area contributed by atoms with Crippen molar-refractivity contribution in [1.82, 2.24) is 4.98 Å². The lowest BCUT2D eigenvalue weighted by molar-refractivity contribution is -0.255. The van der Waals surface area contributed by atoms with Crippen molar-refractivity contribution in [2.45, 2.75) is 51.8 Å². The van der Waals surface area contributed by atoms with Crippen LogP contribution in [0, 0.1) is 5.92 Å². The van der Waals surface area contributed by atoms with Gasteiger partial charge in [0.1, 0.15) is 5.75 Å². The van der Waals surface area contributed by atoms with Crippen LogP contribution < -0.4 is 14.7 Å². The van der Waals surface area contributed by atoms with E-state index in [0.717, 1.165) is 46.5 Å². The first-order chi connectivity index (χ1) is 17.5. The van der Waals surface area contributed by atoms with Crippen molar-refractivity contribution in [2.24, 2.45) is 5.92 Å². The molecule has 4 aromatic rings. The molecule has 2 heterocycles. The van der Waals surface area contributed by atoms with E-state index in [-0.39, 0.29) is 5.56 Å². The Hall–Kier alpha value is -3.16. The number of carbonyl (C=O) groups excluding carboxylic acids is 1. The lowest BCUT2D eigenvalue weighted by atomic mass is 9.89. The van der Waals surface area contributed by atoms with Crippen LogP contribution in [0.3, 0.4) is 0 Å². The number of aromatic nitrogens is 1. The molecule has 0 unspecified atom stereocenters. The molecule has 1 aliphatic rings. The zero-order valence-corrected chi connectivity index (χ0v) is 21.9. The maximum Gasteiger partial charge on any atom is 0.186 e. The topological polar surface area (TPSA) is 65.5 Å². The highest BCUT2D eigenvalue weighted by Crippen LogP contribution is 2.32. The summed E-state index contributed by atoms with van der Waals surface area (Å²) < 4.78 is 6.22. The predicted octanol–water partition coefficient (Wildman–Crippen LogP) is 6.40.